The Hall–Kier alpha value is -2.50. The van der Waals surface area contributed by atoms with Crippen molar-refractivity contribution in [3.8, 4) is 0 Å². The van der Waals surface area contributed by atoms with Gasteiger partial charge < -0.3 is 50.7 Å². The molecule has 0 aromatic carbocycles. The number of rotatable bonds is 10. The lowest BCUT2D eigenvalue weighted by Crippen LogP contribution is -2.41. The molecule has 8 N–H and O–H groups in total. The van der Waals surface area contributed by atoms with Gasteiger partial charge in [0.2, 0.25) is 0 Å². The number of carboxylic acids is 4. The second-order valence-corrected chi connectivity index (χ2v) is 12.0. The molecule has 0 aromatic heterocycles. The fraction of sp³-hybridized carbons (Fsp3) is 0.667. The van der Waals surface area contributed by atoms with E-state index in [9.17, 15) is 49.8 Å². The number of ether oxygens (including phenoxy) is 2. The second-order valence-electron chi connectivity index (χ2n) is 9.67. The van der Waals surface area contributed by atoms with E-state index in [0.29, 0.717) is 23.0 Å². The molecule has 0 bridgehead atoms. The Morgan fingerprint density at radius 1 is 0.725 bits per heavy atom. The van der Waals surface area contributed by atoms with Crippen LogP contribution in [0.15, 0.2) is 21.2 Å². The van der Waals surface area contributed by atoms with E-state index in [1.54, 1.807) is 0 Å². The molecule has 0 amide bonds. The monoisotopic (exact) mass is 606 g/mol. The molecule has 16 heteroatoms. The van der Waals surface area contributed by atoms with Crippen LogP contribution in [0.25, 0.3) is 0 Å². The molecule has 8 atom stereocenters. The van der Waals surface area contributed by atoms with Gasteiger partial charge in [0, 0.05) is 23.0 Å². The van der Waals surface area contributed by atoms with Crippen molar-refractivity contribution in [2.75, 3.05) is 13.2 Å². The van der Waals surface area contributed by atoms with E-state index in [4.69, 9.17) is 9.47 Å². The summed E-state index contributed by atoms with van der Waals surface area (Å²) in [7, 11) is 0. The first-order chi connectivity index (χ1) is 18.8. The standard InChI is InChI=1S/2C12H17NO6S/c2*1-5(14)7(11(15)16)10-13-8(12(17)18)9(20-10)6-3-2-4-19-6/h2*5-7,10,13-14H,2-4H2,1H3,(H,15,16)(H,17,18)/t5-,6-,7+,10-;5-,6-,7-,10-/m11/s1. The summed E-state index contributed by atoms with van der Waals surface area (Å²) in [6.07, 6.45) is 0.377. The predicted octanol–water partition coefficient (Wildman–Crippen LogP) is 0.411. The van der Waals surface area contributed by atoms with Gasteiger partial charge in [-0.05, 0) is 39.5 Å². The van der Waals surface area contributed by atoms with Crippen LogP contribution in [0.4, 0.5) is 0 Å². The van der Waals surface area contributed by atoms with E-state index in [1.807, 2.05) is 0 Å². The van der Waals surface area contributed by atoms with E-state index in [2.05, 4.69) is 10.6 Å². The van der Waals surface area contributed by atoms with Gasteiger partial charge in [0.15, 0.2) is 0 Å². The highest BCUT2D eigenvalue weighted by atomic mass is 32.2. The summed E-state index contributed by atoms with van der Waals surface area (Å²) in [6.45, 7) is 3.91. The summed E-state index contributed by atoms with van der Waals surface area (Å²) in [5.41, 5.74) is -0.0300. The van der Waals surface area contributed by atoms with Gasteiger partial charge in [-0.25, -0.2) is 9.59 Å². The summed E-state index contributed by atoms with van der Waals surface area (Å²) in [4.78, 5) is 46.0. The van der Waals surface area contributed by atoms with Crippen LogP contribution in [-0.2, 0) is 28.7 Å². The molecule has 4 heterocycles. The third kappa shape index (κ3) is 7.41. The molecule has 4 aliphatic heterocycles. The number of carboxylic acid groups (broad SMARTS) is 4. The molecule has 0 aromatic rings. The molecule has 224 valence electrons. The first-order valence-corrected chi connectivity index (χ1v) is 14.5. The maximum atomic E-state index is 11.3. The number of hydrogen-bond donors (Lipinski definition) is 8. The normalized spacial score (nSPS) is 29.1. The molecule has 40 heavy (non-hydrogen) atoms. The first-order valence-electron chi connectivity index (χ1n) is 12.7. The van der Waals surface area contributed by atoms with E-state index in [1.165, 1.54) is 13.8 Å². The maximum Gasteiger partial charge on any atom is 0.352 e. The second kappa shape index (κ2) is 13.9. The maximum absolute atomic E-state index is 11.3. The lowest BCUT2D eigenvalue weighted by atomic mass is 10.0. The van der Waals surface area contributed by atoms with Crippen LogP contribution in [0.5, 0.6) is 0 Å². The van der Waals surface area contributed by atoms with Gasteiger partial charge in [-0.3, -0.25) is 9.59 Å². The van der Waals surface area contributed by atoms with Gasteiger partial charge in [0.1, 0.15) is 23.2 Å². The van der Waals surface area contributed by atoms with Crippen molar-refractivity contribution in [1.29, 1.82) is 0 Å². The SMILES string of the molecule is C[C@@H](O)[C@@H](C(=O)O)[C@@H]1NC(C(=O)O)=C([C@H]2CCCO2)S1.C[C@@H](O)[C@H](C(=O)O)[C@@H]1NC(C(=O)O)=C([C@H]2CCCO2)S1. The van der Waals surface area contributed by atoms with Gasteiger partial charge in [-0.2, -0.15) is 0 Å². The molecule has 0 spiro atoms. The molecule has 0 unspecified atom stereocenters. The zero-order valence-corrected chi connectivity index (χ0v) is 23.4. The third-order valence-electron chi connectivity index (χ3n) is 6.71. The fourth-order valence-corrected chi connectivity index (χ4v) is 7.84. The Bertz CT molecular complexity index is 968. The summed E-state index contributed by atoms with van der Waals surface area (Å²) in [5, 5.41) is 59.9. The summed E-state index contributed by atoms with van der Waals surface area (Å²) in [6, 6.07) is 0. The number of carbonyl (C=O) groups is 4. The van der Waals surface area contributed by atoms with Gasteiger partial charge in [-0.1, -0.05) is 23.5 Å². The zero-order valence-electron chi connectivity index (χ0n) is 21.8. The minimum Gasteiger partial charge on any atom is -0.481 e. The van der Waals surface area contributed by atoms with E-state index < -0.39 is 58.7 Å². The summed E-state index contributed by atoms with van der Waals surface area (Å²) >= 11 is 2.26. The van der Waals surface area contributed by atoms with Crippen molar-refractivity contribution in [3.05, 3.63) is 21.2 Å². The smallest absolute Gasteiger partial charge is 0.352 e. The highest BCUT2D eigenvalue weighted by molar-refractivity contribution is 8.04. The van der Waals surface area contributed by atoms with Crippen molar-refractivity contribution in [2.24, 2.45) is 11.8 Å². The van der Waals surface area contributed by atoms with Crippen molar-refractivity contribution in [3.63, 3.8) is 0 Å². The number of aliphatic hydroxyl groups is 2. The molecular formula is C24H34N2O12S2. The molecule has 4 rings (SSSR count). The number of hydrogen-bond acceptors (Lipinski definition) is 12. The number of nitrogens with one attached hydrogen (secondary N) is 2. The Morgan fingerprint density at radius 2 is 1.07 bits per heavy atom. The minimum absolute atomic E-state index is 0.0150. The molecule has 0 radical (unpaired) electrons. The van der Waals surface area contributed by atoms with Gasteiger partial charge in [0.05, 0.1) is 35.2 Å². The fourth-order valence-electron chi connectivity index (χ4n) is 4.76. The van der Waals surface area contributed by atoms with Crippen LogP contribution in [0, 0.1) is 11.8 Å². The Morgan fingerprint density at radius 3 is 1.30 bits per heavy atom. The number of aliphatic hydroxyl groups excluding tert-OH is 2. The first kappa shape index (κ1) is 32.0. The largest absolute Gasteiger partial charge is 0.481 e. The average Bonchev–Trinajstić information content (AvgIpc) is 3.64. The lowest BCUT2D eigenvalue weighted by molar-refractivity contribution is -0.146. The number of thioether (sulfide) groups is 2. The van der Waals surface area contributed by atoms with Gasteiger partial charge in [0.25, 0.3) is 0 Å². The quantitative estimate of drug-likeness (QED) is 0.168. The topological polar surface area (TPSA) is 232 Å². The van der Waals surface area contributed by atoms with Gasteiger partial charge >= 0.3 is 23.9 Å². The van der Waals surface area contributed by atoms with Crippen LogP contribution < -0.4 is 10.6 Å². The van der Waals surface area contributed by atoms with Gasteiger partial charge in [-0.15, -0.1) is 0 Å². The Labute approximate surface area is 238 Å². The van der Waals surface area contributed by atoms with Crippen LogP contribution in [0.3, 0.4) is 0 Å². The summed E-state index contributed by atoms with van der Waals surface area (Å²) in [5.74, 6) is -6.78. The van der Waals surface area contributed by atoms with E-state index in [0.717, 1.165) is 49.2 Å². The van der Waals surface area contributed by atoms with Crippen molar-refractivity contribution < 1.29 is 59.3 Å². The molecule has 2 saturated heterocycles. The highest BCUT2D eigenvalue weighted by Gasteiger charge is 2.43. The molecule has 0 saturated carbocycles. The molecule has 4 aliphatic rings. The third-order valence-corrected chi connectivity index (χ3v) is 9.48. The predicted molar refractivity (Wildman–Crippen MR) is 142 cm³/mol. The minimum atomic E-state index is -1.16. The van der Waals surface area contributed by atoms with Crippen molar-refractivity contribution >= 4 is 47.4 Å². The van der Waals surface area contributed by atoms with Crippen LogP contribution in [0.1, 0.15) is 39.5 Å². The Kier molecular flexibility index (Phi) is 11.1. The molecular weight excluding hydrogens is 572 g/mol. The van der Waals surface area contributed by atoms with Crippen molar-refractivity contribution in [1.82, 2.24) is 10.6 Å². The average molecular weight is 607 g/mol. The van der Waals surface area contributed by atoms with Crippen LogP contribution in [0.2, 0.25) is 0 Å². The van der Waals surface area contributed by atoms with Crippen LogP contribution >= 0.6 is 23.5 Å². The lowest BCUT2D eigenvalue weighted by Gasteiger charge is -2.22. The van der Waals surface area contributed by atoms with Crippen molar-refractivity contribution in [2.45, 2.75) is 74.7 Å². The number of aliphatic carboxylic acids is 4. The summed E-state index contributed by atoms with van der Waals surface area (Å²) < 4.78 is 10.9. The van der Waals surface area contributed by atoms with Crippen LogP contribution in [-0.4, -0.2) is 103 Å². The molecule has 14 nitrogen and oxygen atoms in total. The zero-order chi connectivity index (χ0) is 29.7. The van der Waals surface area contributed by atoms with E-state index >= 15 is 0 Å². The molecule has 2 fully saturated rings. The van der Waals surface area contributed by atoms with E-state index in [-0.39, 0.29) is 23.6 Å². The molecule has 0 aliphatic carbocycles. The highest BCUT2D eigenvalue weighted by Crippen LogP contribution is 2.42. The Balaban J connectivity index is 0.000000220.